The van der Waals surface area contributed by atoms with E-state index in [0.717, 1.165) is 24.0 Å². The highest BCUT2D eigenvalue weighted by molar-refractivity contribution is 7.89. The molecule has 1 heterocycles. The summed E-state index contributed by atoms with van der Waals surface area (Å²) < 4.78 is 27.4. The highest BCUT2D eigenvalue weighted by Gasteiger charge is 2.37. The quantitative estimate of drug-likeness (QED) is 0.878. The molecule has 0 bridgehead atoms. The van der Waals surface area contributed by atoms with Crippen LogP contribution in [0.15, 0.2) is 59.5 Å². The molecule has 3 rings (SSSR count). The van der Waals surface area contributed by atoms with Gasteiger partial charge in [0.25, 0.3) is 0 Å². The zero-order valence-corrected chi connectivity index (χ0v) is 15.7. The van der Waals surface area contributed by atoms with Gasteiger partial charge in [0.1, 0.15) is 6.04 Å². The van der Waals surface area contributed by atoms with Gasteiger partial charge in [-0.1, -0.05) is 54.4 Å². The number of aryl methyl sites for hydroxylation is 1. The van der Waals surface area contributed by atoms with Gasteiger partial charge in [-0.3, -0.25) is 4.79 Å². The summed E-state index contributed by atoms with van der Waals surface area (Å²) in [4.78, 5) is 12.9. The van der Waals surface area contributed by atoms with Gasteiger partial charge in [0.15, 0.2) is 0 Å². The maximum atomic E-state index is 13.0. The molecule has 1 amide bonds. The molecule has 2 aromatic rings. The average molecular weight is 372 g/mol. The molecule has 0 unspecified atom stereocenters. The van der Waals surface area contributed by atoms with Crippen LogP contribution in [0.2, 0.25) is 0 Å². The topological polar surface area (TPSA) is 66.5 Å². The van der Waals surface area contributed by atoms with Gasteiger partial charge >= 0.3 is 0 Å². The summed E-state index contributed by atoms with van der Waals surface area (Å²) in [5, 5.41) is 2.89. The summed E-state index contributed by atoms with van der Waals surface area (Å²) >= 11 is 0. The number of hydrogen-bond acceptors (Lipinski definition) is 3. The number of benzene rings is 2. The third-order valence-electron chi connectivity index (χ3n) is 4.69. The van der Waals surface area contributed by atoms with Crippen LogP contribution in [-0.2, 0) is 21.4 Å². The minimum atomic E-state index is -3.68. The zero-order chi connectivity index (χ0) is 18.6. The Morgan fingerprint density at radius 2 is 1.77 bits per heavy atom. The van der Waals surface area contributed by atoms with Gasteiger partial charge in [0.2, 0.25) is 15.9 Å². The lowest BCUT2D eigenvalue weighted by Gasteiger charge is -2.33. The van der Waals surface area contributed by atoms with E-state index in [0.29, 0.717) is 19.5 Å². The van der Waals surface area contributed by atoms with Crippen molar-refractivity contribution in [3.8, 4) is 0 Å². The summed E-state index contributed by atoms with van der Waals surface area (Å²) in [6.45, 7) is 2.69. The third-order valence-corrected chi connectivity index (χ3v) is 6.62. The van der Waals surface area contributed by atoms with Gasteiger partial charge in [-0.05, 0) is 37.5 Å². The number of carbonyl (C=O) groups excluding carboxylic acids is 1. The predicted molar refractivity (Wildman–Crippen MR) is 101 cm³/mol. The molecule has 138 valence electrons. The molecule has 1 N–H and O–H groups in total. The lowest BCUT2D eigenvalue weighted by molar-refractivity contribution is -0.125. The van der Waals surface area contributed by atoms with Crippen molar-refractivity contribution >= 4 is 15.9 Å². The van der Waals surface area contributed by atoms with E-state index in [4.69, 9.17) is 0 Å². The molecule has 1 fully saturated rings. The molecule has 0 saturated carbocycles. The van der Waals surface area contributed by atoms with Crippen LogP contribution in [0.1, 0.15) is 30.4 Å². The second-order valence-electron chi connectivity index (χ2n) is 6.64. The van der Waals surface area contributed by atoms with Crippen LogP contribution in [0, 0.1) is 6.92 Å². The Kier molecular flexibility index (Phi) is 5.74. The van der Waals surface area contributed by atoms with Crippen LogP contribution < -0.4 is 5.32 Å². The maximum absolute atomic E-state index is 13.0. The lowest BCUT2D eigenvalue weighted by atomic mass is 10.0. The first-order chi connectivity index (χ1) is 12.5. The highest BCUT2D eigenvalue weighted by Crippen LogP contribution is 2.25. The molecule has 5 nitrogen and oxygen atoms in total. The molecular formula is C20H24N2O3S. The van der Waals surface area contributed by atoms with Crippen molar-refractivity contribution < 1.29 is 13.2 Å². The number of rotatable bonds is 5. The summed E-state index contributed by atoms with van der Waals surface area (Å²) in [5.74, 6) is -0.232. The van der Waals surface area contributed by atoms with E-state index in [1.54, 1.807) is 24.3 Å². The molecule has 0 spiro atoms. The van der Waals surface area contributed by atoms with E-state index >= 15 is 0 Å². The number of nitrogens with zero attached hydrogens (tertiary/aromatic N) is 1. The van der Waals surface area contributed by atoms with Crippen molar-refractivity contribution in [1.29, 1.82) is 0 Å². The van der Waals surface area contributed by atoms with Gasteiger partial charge < -0.3 is 5.32 Å². The van der Waals surface area contributed by atoms with E-state index in [1.165, 1.54) is 4.31 Å². The van der Waals surface area contributed by atoms with Gasteiger partial charge in [0.05, 0.1) is 4.90 Å². The smallest absolute Gasteiger partial charge is 0.243 e. The van der Waals surface area contributed by atoms with Gasteiger partial charge in [-0.15, -0.1) is 0 Å². The van der Waals surface area contributed by atoms with Crippen molar-refractivity contribution in [3.63, 3.8) is 0 Å². The van der Waals surface area contributed by atoms with Crippen LogP contribution >= 0.6 is 0 Å². The van der Waals surface area contributed by atoms with Gasteiger partial charge in [-0.2, -0.15) is 4.31 Å². The Morgan fingerprint density at radius 3 is 2.46 bits per heavy atom. The average Bonchev–Trinajstić information content (AvgIpc) is 2.67. The Balaban J connectivity index is 1.76. The molecule has 1 aliphatic rings. The molecule has 6 heteroatoms. The second kappa shape index (κ2) is 8.01. The van der Waals surface area contributed by atoms with Crippen molar-refractivity contribution in [3.05, 3.63) is 65.7 Å². The second-order valence-corrected chi connectivity index (χ2v) is 8.53. The van der Waals surface area contributed by atoms with Crippen molar-refractivity contribution in [2.45, 2.75) is 43.7 Å². The summed E-state index contributed by atoms with van der Waals surface area (Å²) in [5.41, 5.74) is 1.99. The Hall–Kier alpha value is -2.18. The van der Waals surface area contributed by atoms with Crippen molar-refractivity contribution in [2.75, 3.05) is 6.54 Å². The first-order valence-electron chi connectivity index (χ1n) is 8.88. The Morgan fingerprint density at radius 1 is 1.08 bits per heavy atom. The fraction of sp³-hybridized carbons (Fsp3) is 0.350. The molecular weight excluding hydrogens is 348 g/mol. The van der Waals surface area contributed by atoms with E-state index in [2.05, 4.69) is 5.32 Å². The molecule has 1 aliphatic heterocycles. The van der Waals surface area contributed by atoms with Crippen LogP contribution in [-0.4, -0.2) is 31.2 Å². The fourth-order valence-electron chi connectivity index (χ4n) is 3.20. The Bertz CT molecular complexity index is 848. The summed E-state index contributed by atoms with van der Waals surface area (Å²) in [6, 6.07) is 15.7. The number of nitrogens with one attached hydrogen (secondary N) is 1. The van der Waals surface area contributed by atoms with Crippen molar-refractivity contribution in [2.24, 2.45) is 0 Å². The molecule has 26 heavy (non-hydrogen) atoms. The van der Waals surface area contributed by atoms with Crippen LogP contribution in [0.4, 0.5) is 0 Å². The molecule has 1 atom stereocenters. The minimum Gasteiger partial charge on any atom is -0.351 e. The molecule has 2 aromatic carbocycles. The van der Waals surface area contributed by atoms with Crippen molar-refractivity contribution in [1.82, 2.24) is 9.62 Å². The molecule has 0 aromatic heterocycles. The number of sulfonamides is 1. The monoisotopic (exact) mass is 372 g/mol. The standard InChI is InChI=1S/C20H24N2O3S/c1-16-10-12-18(13-11-16)26(24,25)22-14-6-5-9-19(22)20(23)21-15-17-7-3-2-4-8-17/h2-4,7-8,10-13,19H,5-6,9,14-15H2,1H3,(H,21,23)/t19-/m1/s1. The number of hydrogen-bond donors (Lipinski definition) is 1. The van der Waals surface area contributed by atoms with Crippen LogP contribution in [0.25, 0.3) is 0 Å². The van der Waals surface area contributed by atoms with E-state index in [1.807, 2.05) is 37.3 Å². The normalized spacial score (nSPS) is 18.4. The fourth-order valence-corrected chi connectivity index (χ4v) is 4.86. The van der Waals surface area contributed by atoms with E-state index in [9.17, 15) is 13.2 Å². The zero-order valence-electron chi connectivity index (χ0n) is 14.9. The number of piperidine rings is 1. The lowest BCUT2D eigenvalue weighted by Crippen LogP contribution is -2.51. The Labute approximate surface area is 155 Å². The van der Waals surface area contributed by atoms with Gasteiger partial charge in [-0.25, -0.2) is 8.42 Å². The highest BCUT2D eigenvalue weighted by atomic mass is 32.2. The van der Waals surface area contributed by atoms with Crippen LogP contribution in [0.3, 0.4) is 0 Å². The first kappa shape index (κ1) is 18.6. The van der Waals surface area contributed by atoms with E-state index in [-0.39, 0.29) is 10.8 Å². The first-order valence-corrected chi connectivity index (χ1v) is 10.3. The third kappa shape index (κ3) is 4.14. The summed E-state index contributed by atoms with van der Waals surface area (Å²) in [7, 11) is -3.68. The van der Waals surface area contributed by atoms with E-state index < -0.39 is 16.1 Å². The molecule has 0 aliphatic carbocycles. The van der Waals surface area contributed by atoms with Crippen LogP contribution in [0.5, 0.6) is 0 Å². The maximum Gasteiger partial charge on any atom is 0.243 e. The SMILES string of the molecule is Cc1ccc(S(=O)(=O)N2CCCC[C@@H]2C(=O)NCc2ccccc2)cc1. The minimum absolute atomic E-state index is 0.232. The number of carbonyl (C=O) groups is 1. The van der Waals surface area contributed by atoms with Gasteiger partial charge in [0, 0.05) is 13.1 Å². The largest absolute Gasteiger partial charge is 0.351 e. The molecule has 1 saturated heterocycles. The molecule has 0 radical (unpaired) electrons. The number of amides is 1. The predicted octanol–water partition coefficient (Wildman–Crippen LogP) is 2.85. The summed E-state index contributed by atoms with van der Waals surface area (Å²) in [6.07, 6.45) is 2.17.